The molecule has 0 aliphatic heterocycles. The summed E-state index contributed by atoms with van der Waals surface area (Å²) >= 11 is 3.44. The highest BCUT2D eigenvalue weighted by atomic mass is 79.9. The van der Waals surface area contributed by atoms with Crippen LogP contribution in [-0.4, -0.2) is 19.2 Å². The van der Waals surface area contributed by atoms with Crippen LogP contribution < -0.4 is 9.47 Å². The molecule has 0 unspecified atom stereocenters. The minimum Gasteiger partial charge on any atom is -0.496 e. The average molecular weight is 268 g/mol. The molecular formula is C11H10BrNO2. The molecule has 0 fully saturated rings. The molecule has 0 aliphatic carbocycles. The molecule has 2 aromatic rings. The second-order valence-electron chi connectivity index (χ2n) is 3.02. The van der Waals surface area contributed by atoms with E-state index in [1.807, 2.05) is 12.1 Å². The minimum absolute atomic E-state index is 0.783. The third kappa shape index (κ3) is 1.65. The van der Waals surface area contributed by atoms with Crippen molar-refractivity contribution < 1.29 is 9.47 Å². The lowest BCUT2D eigenvalue weighted by atomic mass is 10.1. The fraction of sp³-hybridized carbons (Fsp3) is 0.182. The minimum atomic E-state index is 0.783. The van der Waals surface area contributed by atoms with Gasteiger partial charge in [-0.05, 0) is 28.1 Å². The van der Waals surface area contributed by atoms with Crippen molar-refractivity contribution in [3.63, 3.8) is 0 Å². The Morgan fingerprint density at radius 2 is 2.00 bits per heavy atom. The Hall–Kier alpha value is -1.29. The molecule has 1 aromatic carbocycles. The summed E-state index contributed by atoms with van der Waals surface area (Å²) in [6, 6.07) is 3.78. The van der Waals surface area contributed by atoms with Crippen LogP contribution in [0.15, 0.2) is 29.0 Å². The molecule has 0 amide bonds. The van der Waals surface area contributed by atoms with Crippen molar-refractivity contribution in [1.29, 1.82) is 0 Å². The summed E-state index contributed by atoms with van der Waals surface area (Å²) in [6.45, 7) is 0. The van der Waals surface area contributed by atoms with Gasteiger partial charge in [0, 0.05) is 23.2 Å². The Balaban J connectivity index is 2.86. The Morgan fingerprint density at radius 3 is 2.67 bits per heavy atom. The Bertz CT molecular complexity index is 499. The monoisotopic (exact) mass is 267 g/mol. The summed E-state index contributed by atoms with van der Waals surface area (Å²) in [5.41, 5.74) is 0. The van der Waals surface area contributed by atoms with Crippen LogP contribution in [0.2, 0.25) is 0 Å². The zero-order valence-electron chi connectivity index (χ0n) is 8.45. The van der Waals surface area contributed by atoms with E-state index in [4.69, 9.17) is 9.47 Å². The van der Waals surface area contributed by atoms with Gasteiger partial charge in [-0.25, -0.2) is 0 Å². The van der Waals surface area contributed by atoms with Gasteiger partial charge in [-0.1, -0.05) is 0 Å². The average Bonchev–Trinajstić information content (AvgIpc) is 2.28. The van der Waals surface area contributed by atoms with E-state index in [1.165, 1.54) is 0 Å². The number of benzene rings is 1. The van der Waals surface area contributed by atoms with Gasteiger partial charge in [0.2, 0.25) is 0 Å². The van der Waals surface area contributed by atoms with E-state index < -0.39 is 0 Å². The van der Waals surface area contributed by atoms with E-state index >= 15 is 0 Å². The first-order valence-electron chi connectivity index (χ1n) is 4.42. The Morgan fingerprint density at radius 1 is 1.20 bits per heavy atom. The first kappa shape index (κ1) is 10.2. The number of hydrogen-bond acceptors (Lipinski definition) is 3. The lowest BCUT2D eigenvalue weighted by Gasteiger charge is -2.11. The summed E-state index contributed by atoms with van der Waals surface area (Å²) in [5, 5.41) is 1.93. The third-order valence-corrected chi connectivity index (χ3v) is 2.82. The summed E-state index contributed by atoms with van der Waals surface area (Å²) < 4.78 is 11.5. The Labute approximate surface area is 96.2 Å². The maximum Gasteiger partial charge on any atom is 0.141 e. The summed E-state index contributed by atoms with van der Waals surface area (Å²) in [4.78, 5) is 4.08. The maximum absolute atomic E-state index is 5.33. The number of pyridine rings is 1. The molecule has 15 heavy (non-hydrogen) atoms. The number of nitrogens with zero attached hydrogens (tertiary/aromatic N) is 1. The van der Waals surface area contributed by atoms with Crippen LogP contribution in [0.1, 0.15) is 0 Å². The molecule has 4 heteroatoms. The lowest BCUT2D eigenvalue weighted by molar-refractivity contribution is 0.408. The first-order chi connectivity index (χ1) is 7.27. The molecule has 1 heterocycles. The molecule has 0 saturated carbocycles. The number of methoxy groups -OCH3 is 2. The molecule has 0 atom stereocenters. The van der Waals surface area contributed by atoms with E-state index in [0.29, 0.717) is 0 Å². The predicted molar refractivity (Wildman–Crippen MR) is 62.5 cm³/mol. The van der Waals surface area contributed by atoms with Crippen molar-refractivity contribution in [2.75, 3.05) is 14.2 Å². The van der Waals surface area contributed by atoms with Gasteiger partial charge in [0.15, 0.2) is 0 Å². The number of fused-ring (bicyclic) bond motifs is 1. The van der Waals surface area contributed by atoms with Gasteiger partial charge in [-0.2, -0.15) is 0 Å². The zero-order chi connectivity index (χ0) is 10.8. The second-order valence-corrected chi connectivity index (χ2v) is 3.87. The zero-order valence-corrected chi connectivity index (χ0v) is 10.0. The van der Waals surface area contributed by atoms with Crippen molar-refractivity contribution in [2.45, 2.75) is 0 Å². The highest BCUT2D eigenvalue weighted by Crippen LogP contribution is 2.38. The fourth-order valence-electron chi connectivity index (χ4n) is 1.55. The van der Waals surface area contributed by atoms with Gasteiger partial charge in [0.25, 0.3) is 0 Å². The maximum atomic E-state index is 5.33. The van der Waals surface area contributed by atoms with E-state index in [0.717, 1.165) is 26.7 Å². The van der Waals surface area contributed by atoms with Crippen molar-refractivity contribution in [2.24, 2.45) is 0 Å². The summed E-state index contributed by atoms with van der Waals surface area (Å²) in [6.07, 6.45) is 3.50. The molecule has 0 aliphatic rings. The van der Waals surface area contributed by atoms with Crippen LogP contribution in [0.4, 0.5) is 0 Å². The van der Waals surface area contributed by atoms with Crippen LogP contribution in [0, 0.1) is 0 Å². The Kier molecular flexibility index (Phi) is 2.77. The van der Waals surface area contributed by atoms with E-state index in [1.54, 1.807) is 26.6 Å². The smallest absolute Gasteiger partial charge is 0.141 e. The van der Waals surface area contributed by atoms with Gasteiger partial charge >= 0.3 is 0 Å². The molecule has 78 valence electrons. The number of aromatic nitrogens is 1. The molecule has 1 aromatic heterocycles. The fourth-order valence-corrected chi connectivity index (χ4v) is 2.14. The van der Waals surface area contributed by atoms with Crippen molar-refractivity contribution >= 4 is 26.7 Å². The van der Waals surface area contributed by atoms with Crippen LogP contribution in [0.5, 0.6) is 11.5 Å². The van der Waals surface area contributed by atoms with Crippen LogP contribution in [-0.2, 0) is 0 Å². The summed E-state index contributed by atoms with van der Waals surface area (Å²) in [7, 11) is 3.28. The van der Waals surface area contributed by atoms with Gasteiger partial charge < -0.3 is 9.47 Å². The van der Waals surface area contributed by atoms with E-state index in [9.17, 15) is 0 Å². The highest BCUT2D eigenvalue weighted by Gasteiger charge is 2.11. The van der Waals surface area contributed by atoms with Crippen LogP contribution in [0.3, 0.4) is 0 Å². The predicted octanol–water partition coefficient (Wildman–Crippen LogP) is 3.01. The van der Waals surface area contributed by atoms with Crippen molar-refractivity contribution in [3.05, 3.63) is 29.0 Å². The van der Waals surface area contributed by atoms with Crippen LogP contribution >= 0.6 is 15.9 Å². The molecule has 0 N–H and O–H groups in total. The SMILES string of the molecule is COc1cc(Br)c(OC)c2ccncc12. The van der Waals surface area contributed by atoms with Gasteiger partial charge in [-0.3, -0.25) is 4.98 Å². The van der Waals surface area contributed by atoms with E-state index in [-0.39, 0.29) is 0 Å². The normalized spacial score (nSPS) is 10.3. The number of hydrogen-bond donors (Lipinski definition) is 0. The molecule has 0 radical (unpaired) electrons. The van der Waals surface area contributed by atoms with Gasteiger partial charge in [0.05, 0.1) is 18.7 Å². The topological polar surface area (TPSA) is 31.4 Å². The van der Waals surface area contributed by atoms with Gasteiger partial charge in [0.1, 0.15) is 11.5 Å². The molecule has 0 bridgehead atoms. The van der Waals surface area contributed by atoms with Gasteiger partial charge in [-0.15, -0.1) is 0 Å². The summed E-state index contributed by atoms with van der Waals surface area (Å²) in [5.74, 6) is 1.58. The second kappa shape index (κ2) is 4.06. The quantitative estimate of drug-likeness (QED) is 0.838. The molecular weight excluding hydrogens is 258 g/mol. The lowest BCUT2D eigenvalue weighted by Crippen LogP contribution is -1.91. The standard InChI is InChI=1S/C11H10BrNO2/c1-14-10-5-9(12)11(15-2)7-3-4-13-6-8(7)10/h3-6H,1-2H3. The highest BCUT2D eigenvalue weighted by molar-refractivity contribution is 9.10. The first-order valence-corrected chi connectivity index (χ1v) is 5.21. The molecule has 0 spiro atoms. The van der Waals surface area contributed by atoms with Crippen LogP contribution in [0.25, 0.3) is 10.8 Å². The van der Waals surface area contributed by atoms with Crippen molar-refractivity contribution in [3.8, 4) is 11.5 Å². The number of halogens is 1. The molecule has 0 saturated heterocycles. The number of rotatable bonds is 2. The third-order valence-electron chi connectivity index (χ3n) is 2.23. The van der Waals surface area contributed by atoms with E-state index in [2.05, 4.69) is 20.9 Å². The van der Waals surface area contributed by atoms with Crippen molar-refractivity contribution in [1.82, 2.24) is 4.98 Å². The largest absolute Gasteiger partial charge is 0.496 e. The molecule has 3 nitrogen and oxygen atoms in total. The number of ether oxygens (including phenoxy) is 2. The molecule has 2 rings (SSSR count).